The van der Waals surface area contributed by atoms with Crippen molar-refractivity contribution in [3.63, 3.8) is 0 Å². The van der Waals surface area contributed by atoms with E-state index in [-0.39, 0.29) is 18.0 Å². The number of likely N-dealkylation sites (N-methyl/N-ethyl adjacent to an activating group) is 1. The Kier molecular flexibility index (Phi) is 7.82. The molecule has 3 aromatic rings. The van der Waals surface area contributed by atoms with E-state index in [4.69, 9.17) is 14.9 Å². The third kappa shape index (κ3) is 5.31. The summed E-state index contributed by atoms with van der Waals surface area (Å²) in [5.74, 6) is 0.983. The van der Waals surface area contributed by atoms with Gasteiger partial charge in [0.25, 0.3) is 0 Å². The summed E-state index contributed by atoms with van der Waals surface area (Å²) in [4.78, 5) is 6.83. The molecule has 1 heterocycles. The van der Waals surface area contributed by atoms with E-state index in [0.29, 0.717) is 0 Å². The van der Waals surface area contributed by atoms with Crippen molar-refractivity contribution in [3.8, 4) is 5.75 Å². The highest BCUT2D eigenvalue weighted by atomic mass is 16.5. The molecule has 0 fully saturated rings. The Morgan fingerprint density at radius 1 is 1.00 bits per heavy atom. The number of anilines is 1. The van der Waals surface area contributed by atoms with Gasteiger partial charge in [-0.05, 0) is 105 Å². The van der Waals surface area contributed by atoms with Crippen molar-refractivity contribution < 1.29 is 9.47 Å². The second kappa shape index (κ2) is 11.0. The molecule has 5 nitrogen and oxygen atoms in total. The highest BCUT2D eigenvalue weighted by Crippen LogP contribution is 2.50. The van der Waals surface area contributed by atoms with E-state index in [0.717, 1.165) is 24.3 Å². The SMILES string of the molecule is CCN1/C(=C\C=N/COC(=N)c2ccccc2)C(C)(Cc2cc(C)c(C)cc2C)c2cc(OC)ccc21. The summed E-state index contributed by atoms with van der Waals surface area (Å²) in [6.07, 6.45) is 4.78. The Morgan fingerprint density at radius 3 is 2.43 bits per heavy atom. The van der Waals surface area contributed by atoms with Crippen molar-refractivity contribution in [2.24, 2.45) is 4.99 Å². The number of aliphatic imine (C=N–C) groups is 1. The molecule has 1 atom stereocenters. The zero-order valence-corrected chi connectivity index (χ0v) is 22.8. The first kappa shape index (κ1) is 26.2. The fraction of sp³-hybridized carbons (Fsp3) is 0.312. The lowest BCUT2D eigenvalue weighted by Crippen LogP contribution is -2.31. The van der Waals surface area contributed by atoms with Crippen LogP contribution in [-0.2, 0) is 16.6 Å². The van der Waals surface area contributed by atoms with Crippen LogP contribution in [0.5, 0.6) is 5.75 Å². The fourth-order valence-corrected chi connectivity index (χ4v) is 5.22. The topological polar surface area (TPSA) is 57.9 Å². The Labute approximate surface area is 221 Å². The maximum atomic E-state index is 8.13. The van der Waals surface area contributed by atoms with Crippen LogP contribution in [0, 0.1) is 26.2 Å². The summed E-state index contributed by atoms with van der Waals surface area (Å²) in [6, 6.07) is 20.4. The number of methoxy groups -OCH3 is 1. The van der Waals surface area contributed by atoms with Crippen LogP contribution in [0.25, 0.3) is 0 Å². The lowest BCUT2D eigenvalue weighted by Gasteiger charge is -2.31. The van der Waals surface area contributed by atoms with Crippen LogP contribution in [0.1, 0.15) is 47.2 Å². The third-order valence-corrected chi connectivity index (χ3v) is 7.41. The molecule has 0 spiro atoms. The fourth-order valence-electron chi connectivity index (χ4n) is 5.22. The van der Waals surface area contributed by atoms with Crippen molar-refractivity contribution >= 4 is 17.8 Å². The van der Waals surface area contributed by atoms with Crippen molar-refractivity contribution in [3.05, 3.63) is 106 Å². The molecular weight excluding hydrogens is 458 g/mol. The molecule has 3 aromatic carbocycles. The predicted molar refractivity (Wildman–Crippen MR) is 154 cm³/mol. The van der Waals surface area contributed by atoms with Gasteiger partial charge >= 0.3 is 0 Å². The van der Waals surface area contributed by atoms with Crippen LogP contribution >= 0.6 is 0 Å². The van der Waals surface area contributed by atoms with Gasteiger partial charge in [0.05, 0.1) is 7.11 Å². The van der Waals surface area contributed by atoms with E-state index < -0.39 is 0 Å². The second-order valence-corrected chi connectivity index (χ2v) is 9.85. The highest BCUT2D eigenvalue weighted by molar-refractivity contribution is 5.91. The molecule has 0 amide bonds. The normalized spacial score (nSPS) is 17.9. The van der Waals surface area contributed by atoms with E-state index in [2.05, 4.69) is 74.9 Å². The predicted octanol–water partition coefficient (Wildman–Crippen LogP) is 6.92. The molecule has 1 unspecified atom stereocenters. The van der Waals surface area contributed by atoms with Crippen LogP contribution in [0.2, 0.25) is 0 Å². The lowest BCUT2D eigenvalue weighted by atomic mass is 9.75. The number of nitrogens with zero attached hydrogens (tertiary/aromatic N) is 2. The molecule has 4 rings (SSSR count). The number of hydrogen-bond acceptors (Lipinski definition) is 5. The van der Waals surface area contributed by atoms with Crippen molar-refractivity contribution in [1.82, 2.24) is 0 Å². The van der Waals surface area contributed by atoms with Crippen LogP contribution in [0.4, 0.5) is 5.69 Å². The zero-order chi connectivity index (χ0) is 26.6. The third-order valence-electron chi connectivity index (χ3n) is 7.41. The van der Waals surface area contributed by atoms with Gasteiger partial charge in [0.15, 0.2) is 6.73 Å². The van der Waals surface area contributed by atoms with Gasteiger partial charge in [-0.3, -0.25) is 10.4 Å². The van der Waals surface area contributed by atoms with Crippen LogP contribution in [0.15, 0.2) is 77.4 Å². The minimum Gasteiger partial charge on any atom is -0.497 e. The van der Waals surface area contributed by atoms with E-state index in [9.17, 15) is 0 Å². The largest absolute Gasteiger partial charge is 0.497 e. The molecular formula is C32H37N3O2. The second-order valence-electron chi connectivity index (χ2n) is 9.85. The van der Waals surface area contributed by atoms with Gasteiger partial charge in [0.1, 0.15) is 5.75 Å². The van der Waals surface area contributed by atoms with Gasteiger partial charge in [0, 0.05) is 35.1 Å². The summed E-state index contributed by atoms with van der Waals surface area (Å²) >= 11 is 0. The van der Waals surface area contributed by atoms with Gasteiger partial charge < -0.3 is 14.4 Å². The molecule has 5 heteroatoms. The molecule has 1 aliphatic heterocycles. The maximum absolute atomic E-state index is 8.13. The number of benzene rings is 3. The summed E-state index contributed by atoms with van der Waals surface area (Å²) in [7, 11) is 1.72. The smallest absolute Gasteiger partial charge is 0.215 e. The average Bonchev–Trinajstić information content (AvgIpc) is 3.13. The van der Waals surface area contributed by atoms with E-state index in [1.54, 1.807) is 7.11 Å². The minimum atomic E-state index is -0.268. The number of aryl methyl sites for hydroxylation is 3. The van der Waals surface area contributed by atoms with Crippen LogP contribution < -0.4 is 9.64 Å². The van der Waals surface area contributed by atoms with Gasteiger partial charge in [-0.15, -0.1) is 0 Å². The molecule has 192 valence electrons. The molecule has 0 radical (unpaired) electrons. The summed E-state index contributed by atoms with van der Waals surface area (Å²) in [6.45, 7) is 12.0. The van der Waals surface area contributed by atoms with Crippen molar-refractivity contribution in [2.45, 2.75) is 46.5 Å². The van der Waals surface area contributed by atoms with E-state index in [1.165, 1.54) is 39.2 Å². The van der Waals surface area contributed by atoms with Crippen LogP contribution in [0.3, 0.4) is 0 Å². The molecule has 1 aliphatic rings. The molecule has 37 heavy (non-hydrogen) atoms. The van der Waals surface area contributed by atoms with Gasteiger partial charge in [0.2, 0.25) is 5.90 Å². The average molecular weight is 496 g/mol. The molecule has 1 N–H and O–H groups in total. The first-order chi connectivity index (χ1) is 17.8. The first-order valence-corrected chi connectivity index (χ1v) is 12.8. The number of allylic oxidation sites excluding steroid dienone is 2. The molecule has 0 saturated heterocycles. The number of hydrogen-bond donors (Lipinski definition) is 1. The molecule has 0 aliphatic carbocycles. The number of fused-ring (bicyclic) bond motifs is 1. The Hall–Kier alpha value is -3.86. The summed E-state index contributed by atoms with van der Waals surface area (Å²) < 4.78 is 11.2. The molecule has 0 aromatic heterocycles. The number of nitrogens with one attached hydrogen (secondary N) is 1. The lowest BCUT2D eigenvalue weighted by molar-refractivity contribution is 0.317. The highest BCUT2D eigenvalue weighted by Gasteiger charge is 2.43. The van der Waals surface area contributed by atoms with Gasteiger partial charge in [-0.1, -0.05) is 30.3 Å². The number of rotatable bonds is 8. The Morgan fingerprint density at radius 2 is 1.73 bits per heavy atom. The van der Waals surface area contributed by atoms with Crippen molar-refractivity contribution in [1.29, 1.82) is 5.41 Å². The zero-order valence-electron chi connectivity index (χ0n) is 22.8. The molecule has 0 saturated carbocycles. The van der Waals surface area contributed by atoms with Crippen LogP contribution in [-0.4, -0.2) is 32.5 Å². The molecule has 0 bridgehead atoms. The quantitative estimate of drug-likeness (QED) is 0.273. The standard InChI is InChI=1S/C32H37N3O2/c1-7-35-29-14-13-27(36-6)19-28(29)32(5,20-26-18-23(3)22(2)17-24(26)4)30(35)15-16-34-21-37-31(33)25-11-9-8-10-12-25/h8-19,33H,7,20-21H2,1-6H3/b30-15-,33-31?,34-16-. The first-order valence-electron chi connectivity index (χ1n) is 12.8. The van der Waals surface area contributed by atoms with E-state index >= 15 is 0 Å². The van der Waals surface area contributed by atoms with Gasteiger partial charge in [-0.25, -0.2) is 0 Å². The van der Waals surface area contributed by atoms with Gasteiger partial charge in [-0.2, -0.15) is 0 Å². The minimum absolute atomic E-state index is 0.0946. The number of ether oxygens (including phenoxy) is 2. The summed E-state index contributed by atoms with van der Waals surface area (Å²) in [5.41, 5.74) is 9.41. The summed E-state index contributed by atoms with van der Waals surface area (Å²) in [5, 5.41) is 8.13. The van der Waals surface area contributed by atoms with Crippen molar-refractivity contribution in [2.75, 3.05) is 25.3 Å². The van der Waals surface area contributed by atoms with E-state index in [1.807, 2.05) is 42.6 Å². The Bertz CT molecular complexity index is 1340. The maximum Gasteiger partial charge on any atom is 0.215 e. The Balaban J connectivity index is 1.67. The monoisotopic (exact) mass is 495 g/mol.